The van der Waals surface area contributed by atoms with Crippen molar-refractivity contribution >= 4 is 34.9 Å². The number of likely N-dealkylation sites (tertiary alicyclic amines) is 2. The molecule has 300 valence electrons. The molecule has 4 heterocycles. The summed E-state index contributed by atoms with van der Waals surface area (Å²) in [7, 11) is 0. The summed E-state index contributed by atoms with van der Waals surface area (Å²) in [5.74, 6) is 1.27. The standard InChI is InChI=1S/2C19H19F3N2O3S/c20-19(21,22)14-2-1-3-15(8-14)27-16-6-12-9-24(10-13(12)7-16)18(25)26-11-17-23-4-5-28-17;20-19(21,22)12-2-1-3-13(7-12)27-14-6-11-10-24(18(25)26)16(15(11)8-14)9-17-23-4-5-28-17/h1-5,8,12-13,16H,6-7,9-11H2;1-5,7,11,14-16H,6,8-10H2,(H,25,26)/t;11-,14-,15-,16?/m.0/s1. The number of fused-ring (bicyclic) bond motifs is 2. The van der Waals surface area contributed by atoms with Crippen LogP contribution in [-0.4, -0.2) is 74.9 Å². The molecular weight excluding hydrogens is 787 g/mol. The van der Waals surface area contributed by atoms with Gasteiger partial charge in [-0.1, -0.05) is 12.1 Å². The zero-order valence-electron chi connectivity index (χ0n) is 29.7. The Hall–Kier alpha value is -4.58. The van der Waals surface area contributed by atoms with E-state index in [9.17, 15) is 41.0 Å². The lowest BCUT2D eigenvalue weighted by molar-refractivity contribution is -0.138. The normalized spacial score (nSPS) is 25.6. The number of halogens is 6. The molecule has 4 aliphatic rings. The summed E-state index contributed by atoms with van der Waals surface area (Å²) < 4.78 is 94.1. The van der Waals surface area contributed by atoms with Crippen LogP contribution in [0.3, 0.4) is 0 Å². The van der Waals surface area contributed by atoms with Gasteiger partial charge in [-0.25, -0.2) is 19.6 Å². The number of benzene rings is 2. The number of thiazole rings is 2. The van der Waals surface area contributed by atoms with Crippen molar-refractivity contribution in [2.24, 2.45) is 23.7 Å². The van der Waals surface area contributed by atoms with E-state index in [1.165, 1.54) is 45.8 Å². The van der Waals surface area contributed by atoms with Crippen LogP contribution in [0.2, 0.25) is 0 Å². The number of nitrogens with zero attached hydrogens (tertiary/aromatic N) is 4. The Morgan fingerprint density at radius 2 is 1.29 bits per heavy atom. The highest BCUT2D eigenvalue weighted by molar-refractivity contribution is 7.09. The van der Waals surface area contributed by atoms with Crippen LogP contribution in [0.25, 0.3) is 0 Å². The number of aromatic nitrogens is 2. The smallest absolute Gasteiger partial charge is 0.416 e. The zero-order valence-corrected chi connectivity index (χ0v) is 31.3. The average molecular weight is 825 g/mol. The highest BCUT2D eigenvalue weighted by Gasteiger charge is 2.50. The summed E-state index contributed by atoms with van der Waals surface area (Å²) in [5.41, 5.74) is -1.45. The van der Waals surface area contributed by atoms with E-state index in [2.05, 4.69) is 9.97 Å². The molecule has 2 saturated heterocycles. The molecule has 2 amide bonds. The molecule has 4 aromatic rings. The van der Waals surface area contributed by atoms with Crippen LogP contribution in [0.15, 0.2) is 71.7 Å². The van der Waals surface area contributed by atoms with Gasteiger partial charge in [0.05, 0.1) is 28.3 Å². The molecule has 3 unspecified atom stereocenters. The molecule has 2 aromatic carbocycles. The monoisotopic (exact) mass is 824 g/mol. The Labute approximate surface area is 326 Å². The Bertz CT molecular complexity index is 1930. The Balaban J connectivity index is 0.000000172. The zero-order chi connectivity index (χ0) is 39.6. The number of hydrogen-bond acceptors (Lipinski definition) is 9. The van der Waals surface area contributed by atoms with E-state index >= 15 is 0 Å². The molecular formula is C38H38F6N4O6S2. The van der Waals surface area contributed by atoms with Crippen LogP contribution in [0, 0.1) is 23.7 Å². The molecule has 2 aliphatic heterocycles. The first kappa shape index (κ1) is 39.6. The summed E-state index contributed by atoms with van der Waals surface area (Å²) in [6.45, 7) is 1.77. The van der Waals surface area contributed by atoms with Crippen molar-refractivity contribution in [1.82, 2.24) is 19.8 Å². The van der Waals surface area contributed by atoms with Gasteiger partial charge >= 0.3 is 24.5 Å². The number of amides is 2. The van der Waals surface area contributed by atoms with Crippen molar-refractivity contribution < 1.29 is 55.2 Å². The van der Waals surface area contributed by atoms with Crippen LogP contribution in [0.5, 0.6) is 11.5 Å². The Morgan fingerprint density at radius 1 is 0.750 bits per heavy atom. The van der Waals surface area contributed by atoms with Crippen LogP contribution < -0.4 is 9.47 Å². The molecule has 2 aromatic heterocycles. The van der Waals surface area contributed by atoms with Crippen molar-refractivity contribution in [1.29, 1.82) is 0 Å². The van der Waals surface area contributed by atoms with Gasteiger partial charge in [-0.15, -0.1) is 22.7 Å². The van der Waals surface area contributed by atoms with Gasteiger partial charge in [-0.2, -0.15) is 26.3 Å². The minimum Gasteiger partial charge on any atom is -0.490 e. The topological polar surface area (TPSA) is 114 Å². The fourth-order valence-corrected chi connectivity index (χ4v) is 9.62. The molecule has 1 N–H and O–H groups in total. The minimum atomic E-state index is -4.41. The first-order valence-electron chi connectivity index (χ1n) is 18.1. The van der Waals surface area contributed by atoms with Crippen LogP contribution in [0.4, 0.5) is 35.9 Å². The maximum atomic E-state index is 12.9. The minimum absolute atomic E-state index is 0.121. The number of carbonyl (C=O) groups excluding carboxylic acids is 1. The SMILES string of the molecule is O=C(O)N1C[C@@H]2C[C@H](Oc3cccc(C(F)(F)F)c3)C[C@@H]2C1Cc1nccs1.O=C(OCc1nccs1)N1CC2CC(Oc3cccc(C(F)(F)F)c3)CC2C1. The van der Waals surface area contributed by atoms with Crippen molar-refractivity contribution in [2.45, 2.75) is 69.3 Å². The van der Waals surface area contributed by atoms with E-state index in [0.717, 1.165) is 47.1 Å². The molecule has 56 heavy (non-hydrogen) atoms. The van der Waals surface area contributed by atoms with Crippen molar-refractivity contribution in [3.63, 3.8) is 0 Å². The number of carboxylic acid groups (broad SMARTS) is 1. The Kier molecular flexibility index (Phi) is 11.7. The molecule has 0 bridgehead atoms. The Morgan fingerprint density at radius 3 is 1.80 bits per heavy atom. The van der Waals surface area contributed by atoms with Crippen LogP contribution >= 0.6 is 22.7 Å². The first-order chi connectivity index (χ1) is 26.7. The van der Waals surface area contributed by atoms with Gasteiger partial charge in [0.15, 0.2) is 0 Å². The summed E-state index contributed by atoms with van der Waals surface area (Å²) in [4.78, 5) is 35.4. The summed E-state index contributed by atoms with van der Waals surface area (Å²) in [6.07, 6.45) is -3.80. The highest BCUT2D eigenvalue weighted by atomic mass is 32.1. The van der Waals surface area contributed by atoms with Gasteiger partial charge in [0.1, 0.15) is 23.1 Å². The van der Waals surface area contributed by atoms with E-state index in [-0.39, 0.29) is 66.1 Å². The van der Waals surface area contributed by atoms with E-state index in [1.54, 1.807) is 23.4 Å². The highest BCUT2D eigenvalue weighted by Crippen LogP contribution is 2.45. The predicted octanol–water partition coefficient (Wildman–Crippen LogP) is 9.13. The van der Waals surface area contributed by atoms with Gasteiger partial charge in [0.25, 0.3) is 0 Å². The van der Waals surface area contributed by atoms with Crippen molar-refractivity contribution in [2.75, 3.05) is 19.6 Å². The van der Waals surface area contributed by atoms with Crippen LogP contribution in [0.1, 0.15) is 46.8 Å². The summed E-state index contributed by atoms with van der Waals surface area (Å²) in [5, 5.41) is 14.9. The van der Waals surface area contributed by atoms with Gasteiger partial charge < -0.3 is 29.1 Å². The molecule has 10 nitrogen and oxygen atoms in total. The molecule has 0 radical (unpaired) electrons. The van der Waals surface area contributed by atoms with Gasteiger partial charge in [0.2, 0.25) is 0 Å². The average Bonchev–Trinajstić information content (AvgIpc) is 3.99. The molecule has 2 saturated carbocycles. The number of ether oxygens (including phenoxy) is 3. The second kappa shape index (κ2) is 16.5. The molecule has 18 heteroatoms. The van der Waals surface area contributed by atoms with Crippen molar-refractivity contribution in [3.8, 4) is 11.5 Å². The van der Waals surface area contributed by atoms with E-state index in [0.29, 0.717) is 38.9 Å². The van der Waals surface area contributed by atoms with E-state index in [4.69, 9.17) is 14.2 Å². The van der Waals surface area contributed by atoms with Gasteiger partial charge in [-0.05, 0) is 85.8 Å². The third kappa shape index (κ3) is 9.50. The molecule has 2 aliphatic carbocycles. The van der Waals surface area contributed by atoms with E-state index in [1.807, 2.05) is 10.8 Å². The fraction of sp³-hybridized carbons (Fsp3) is 0.474. The van der Waals surface area contributed by atoms with Crippen molar-refractivity contribution in [3.05, 3.63) is 92.8 Å². The van der Waals surface area contributed by atoms with E-state index < -0.39 is 29.6 Å². The number of alkyl halides is 6. The lowest BCUT2D eigenvalue weighted by atomic mass is 9.92. The second-order valence-electron chi connectivity index (χ2n) is 14.4. The predicted molar refractivity (Wildman–Crippen MR) is 192 cm³/mol. The third-order valence-corrected chi connectivity index (χ3v) is 12.4. The fourth-order valence-electron chi connectivity index (χ4n) is 8.42. The summed E-state index contributed by atoms with van der Waals surface area (Å²) >= 11 is 2.93. The number of carbonyl (C=O) groups is 2. The lowest BCUT2D eigenvalue weighted by Crippen LogP contribution is -2.39. The maximum absolute atomic E-state index is 12.9. The van der Waals surface area contributed by atoms with Crippen LogP contribution in [-0.2, 0) is 30.1 Å². The van der Waals surface area contributed by atoms with Gasteiger partial charge in [-0.3, -0.25) is 0 Å². The lowest BCUT2D eigenvalue weighted by Gasteiger charge is -2.26. The van der Waals surface area contributed by atoms with Gasteiger partial charge in [0, 0.05) is 55.3 Å². The number of rotatable bonds is 8. The molecule has 8 rings (SSSR count). The first-order valence-corrected chi connectivity index (χ1v) is 19.8. The number of hydrogen-bond donors (Lipinski definition) is 1. The quantitative estimate of drug-likeness (QED) is 0.175. The molecule has 6 atom stereocenters. The second-order valence-corrected chi connectivity index (χ2v) is 16.4. The molecule has 4 fully saturated rings. The third-order valence-electron chi connectivity index (χ3n) is 10.8. The maximum Gasteiger partial charge on any atom is 0.416 e. The summed E-state index contributed by atoms with van der Waals surface area (Å²) in [6, 6.07) is 9.70. The largest absolute Gasteiger partial charge is 0.490 e. The molecule has 0 spiro atoms.